The van der Waals surface area contributed by atoms with Crippen molar-refractivity contribution in [2.45, 2.75) is 18.0 Å². The van der Waals surface area contributed by atoms with Crippen molar-refractivity contribution in [1.29, 1.82) is 0 Å². The van der Waals surface area contributed by atoms with Gasteiger partial charge in [0.05, 0.1) is 16.2 Å². The van der Waals surface area contributed by atoms with Crippen LogP contribution in [0.3, 0.4) is 0 Å². The summed E-state index contributed by atoms with van der Waals surface area (Å²) in [6.07, 6.45) is -3.73. The van der Waals surface area contributed by atoms with Crippen molar-refractivity contribution < 1.29 is 21.6 Å². The molecule has 0 saturated heterocycles. The lowest BCUT2D eigenvalue weighted by molar-refractivity contribution is -0.137. The van der Waals surface area contributed by atoms with E-state index in [0.717, 1.165) is 6.07 Å². The van der Waals surface area contributed by atoms with Gasteiger partial charge in [-0.05, 0) is 43.8 Å². The Labute approximate surface area is 142 Å². The number of alkyl halides is 3. The molecular formula is C15H15F3N4O2S. The van der Waals surface area contributed by atoms with Gasteiger partial charge in [-0.15, -0.1) is 0 Å². The minimum absolute atomic E-state index is 0.115. The molecule has 0 fully saturated rings. The number of nitrogens with zero attached hydrogens (tertiary/aromatic N) is 2. The summed E-state index contributed by atoms with van der Waals surface area (Å²) < 4.78 is 62.9. The Hall–Kier alpha value is -2.46. The molecule has 0 unspecified atom stereocenters. The quantitative estimate of drug-likeness (QED) is 0.625. The van der Waals surface area contributed by atoms with E-state index in [4.69, 9.17) is 0 Å². The van der Waals surface area contributed by atoms with Gasteiger partial charge >= 0.3 is 6.18 Å². The predicted octanol–water partition coefficient (Wildman–Crippen LogP) is 2.84. The van der Waals surface area contributed by atoms with Gasteiger partial charge in [-0.3, -0.25) is 5.43 Å². The van der Waals surface area contributed by atoms with Gasteiger partial charge in [0.15, 0.2) is 0 Å². The van der Waals surface area contributed by atoms with Gasteiger partial charge in [0.1, 0.15) is 5.82 Å². The molecule has 2 rings (SSSR count). The van der Waals surface area contributed by atoms with E-state index in [1.54, 1.807) is 19.1 Å². The lowest BCUT2D eigenvalue weighted by Crippen LogP contribution is -2.18. The summed E-state index contributed by atoms with van der Waals surface area (Å²) in [7, 11) is -2.20. The monoisotopic (exact) mass is 372 g/mol. The summed E-state index contributed by atoms with van der Waals surface area (Å²) in [4.78, 5) is 3.76. The number of hydrogen-bond acceptors (Lipinski definition) is 5. The summed E-state index contributed by atoms with van der Waals surface area (Å²) in [5.74, 6) is 0.154. The van der Waals surface area contributed by atoms with Crippen LogP contribution in [0.5, 0.6) is 0 Å². The number of anilines is 1. The van der Waals surface area contributed by atoms with E-state index in [9.17, 15) is 21.6 Å². The van der Waals surface area contributed by atoms with Crippen molar-refractivity contribution in [1.82, 2.24) is 9.71 Å². The normalized spacial score (nSPS) is 12.9. The zero-order valence-electron chi connectivity index (χ0n) is 13.3. The predicted molar refractivity (Wildman–Crippen MR) is 87.8 cm³/mol. The minimum atomic E-state index is -4.44. The van der Waals surface area contributed by atoms with Gasteiger partial charge in [-0.2, -0.15) is 18.3 Å². The molecule has 134 valence electrons. The maximum Gasteiger partial charge on any atom is 0.417 e. The topological polar surface area (TPSA) is 83.5 Å². The minimum Gasteiger partial charge on any atom is -0.261 e. The number of sulfonamides is 1. The lowest BCUT2D eigenvalue weighted by atomic mass is 10.1. The first-order chi connectivity index (χ1) is 11.6. The molecule has 0 aliphatic rings. The molecule has 0 aliphatic heterocycles. The molecule has 25 heavy (non-hydrogen) atoms. The Morgan fingerprint density at radius 2 is 1.76 bits per heavy atom. The second-order valence-electron chi connectivity index (χ2n) is 4.97. The molecule has 0 amide bonds. The van der Waals surface area contributed by atoms with Crippen molar-refractivity contribution in [3.05, 3.63) is 53.7 Å². The van der Waals surface area contributed by atoms with Crippen LogP contribution in [0.15, 0.2) is 52.6 Å². The number of benzene rings is 1. The average molecular weight is 372 g/mol. The van der Waals surface area contributed by atoms with Gasteiger partial charge in [0.2, 0.25) is 10.0 Å². The third-order valence-corrected chi connectivity index (χ3v) is 4.71. The Morgan fingerprint density at radius 1 is 1.12 bits per heavy atom. The summed E-state index contributed by atoms with van der Waals surface area (Å²) in [6.45, 7) is 1.67. The summed E-state index contributed by atoms with van der Waals surface area (Å²) in [6, 6.07) is 8.07. The summed E-state index contributed by atoms with van der Waals surface area (Å²) in [5.41, 5.74) is 2.87. The van der Waals surface area contributed by atoms with E-state index in [2.05, 4.69) is 20.2 Å². The first-order valence-electron chi connectivity index (χ1n) is 7.01. The maximum atomic E-state index is 12.5. The fourth-order valence-electron chi connectivity index (χ4n) is 1.83. The molecule has 1 heterocycles. The van der Waals surface area contributed by atoms with Crippen LogP contribution in [0, 0.1) is 0 Å². The summed E-state index contributed by atoms with van der Waals surface area (Å²) >= 11 is 0. The molecule has 1 aromatic heterocycles. The van der Waals surface area contributed by atoms with Crippen LogP contribution in [-0.2, 0) is 16.2 Å². The largest absolute Gasteiger partial charge is 0.417 e. The second kappa shape index (κ2) is 7.19. The number of halogens is 3. The zero-order valence-corrected chi connectivity index (χ0v) is 14.1. The molecular weight excluding hydrogens is 357 g/mol. The highest BCUT2D eigenvalue weighted by Gasteiger charge is 2.30. The molecule has 0 spiro atoms. The van der Waals surface area contributed by atoms with E-state index < -0.39 is 21.8 Å². The number of aromatic nitrogens is 1. The van der Waals surface area contributed by atoms with E-state index in [1.165, 1.54) is 25.2 Å². The fraction of sp³-hybridized carbons (Fsp3) is 0.200. The number of nitrogens with one attached hydrogen (secondary N) is 2. The Balaban J connectivity index is 2.11. The smallest absolute Gasteiger partial charge is 0.261 e. The van der Waals surface area contributed by atoms with E-state index in [-0.39, 0.29) is 10.7 Å². The molecule has 1 aromatic carbocycles. The van der Waals surface area contributed by atoms with Crippen LogP contribution < -0.4 is 10.1 Å². The van der Waals surface area contributed by atoms with Gasteiger partial charge in [0.25, 0.3) is 0 Å². The van der Waals surface area contributed by atoms with E-state index >= 15 is 0 Å². The maximum absolute atomic E-state index is 12.5. The highest BCUT2D eigenvalue weighted by molar-refractivity contribution is 7.89. The first-order valence-corrected chi connectivity index (χ1v) is 8.49. The molecule has 0 saturated carbocycles. The average Bonchev–Trinajstić information content (AvgIpc) is 2.59. The number of hydrazone groups is 1. The highest BCUT2D eigenvalue weighted by atomic mass is 32.2. The molecule has 2 N–H and O–H groups in total. The SMILES string of the molecule is CNS(=O)(=O)c1ccc(/C(C)=N\Nc2ccc(C(F)(F)F)cn2)cc1. The molecule has 0 atom stereocenters. The Bertz CT molecular complexity index is 861. The number of hydrogen-bond donors (Lipinski definition) is 2. The number of pyridine rings is 1. The van der Waals surface area contributed by atoms with Gasteiger partial charge in [-0.1, -0.05) is 12.1 Å². The molecule has 6 nitrogen and oxygen atoms in total. The molecule has 2 aromatic rings. The van der Waals surface area contributed by atoms with Crippen LogP contribution >= 0.6 is 0 Å². The van der Waals surface area contributed by atoms with E-state index in [0.29, 0.717) is 17.5 Å². The van der Waals surface area contributed by atoms with Crippen LogP contribution in [0.4, 0.5) is 19.0 Å². The van der Waals surface area contributed by atoms with Gasteiger partial charge in [-0.25, -0.2) is 18.1 Å². The third-order valence-electron chi connectivity index (χ3n) is 3.28. The second-order valence-corrected chi connectivity index (χ2v) is 6.86. The van der Waals surface area contributed by atoms with E-state index in [1.807, 2.05) is 0 Å². The van der Waals surface area contributed by atoms with Crippen LogP contribution in [0.2, 0.25) is 0 Å². The van der Waals surface area contributed by atoms with Crippen molar-refractivity contribution in [2.24, 2.45) is 5.10 Å². The lowest BCUT2D eigenvalue weighted by Gasteiger charge is -2.07. The Morgan fingerprint density at radius 3 is 2.24 bits per heavy atom. The Kier molecular flexibility index (Phi) is 5.43. The molecule has 0 radical (unpaired) electrons. The molecule has 10 heteroatoms. The standard InChI is InChI=1S/C15H15F3N4O2S/c1-10(11-3-6-13(7-4-11)25(23,24)19-2)21-22-14-8-5-12(9-20-14)15(16,17)18/h3-9,19H,1-2H3,(H,20,22)/b21-10-. The first kappa shape index (κ1) is 18.9. The van der Waals surface area contributed by atoms with Gasteiger partial charge in [0, 0.05) is 6.20 Å². The van der Waals surface area contributed by atoms with Crippen molar-refractivity contribution in [2.75, 3.05) is 12.5 Å². The summed E-state index contributed by atoms with van der Waals surface area (Å²) in [5, 5.41) is 4.03. The highest BCUT2D eigenvalue weighted by Crippen LogP contribution is 2.28. The van der Waals surface area contributed by atoms with Crippen LogP contribution in [0.25, 0.3) is 0 Å². The van der Waals surface area contributed by atoms with Gasteiger partial charge < -0.3 is 0 Å². The van der Waals surface area contributed by atoms with Crippen molar-refractivity contribution in [3.8, 4) is 0 Å². The third kappa shape index (κ3) is 4.77. The van der Waals surface area contributed by atoms with Crippen molar-refractivity contribution >= 4 is 21.6 Å². The van der Waals surface area contributed by atoms with Crippen LogP contribution in [-0.4, -0.2) is 26.2 Å². The zero-order chi connectivity index (χ0) is 18.7. The molecule has 0 bridgehead atoms. The fourth-order valence-corrected chi connectivity index (χ4v) is 2.56. The van der Waals surface area contributed by atoms with Crippen molar-refractivity contribution in [3.63, 3.8) is 0 Å². The number of rotatable bonds is 5. The van der Waals surface area contributed by atoms with Crippen LogP contribution in [0.1, 0.15) is 18.1 Å². The molecule has 0 aliphatic carbocycles.